The summed E-state index contributed by atoms with van der Waals surface area (Å²) < 4.78 is 35.7. The lowest BCUT2D eigenvalue weighted by atomic mass is 10.1. The van der Waals surface area contributed by atoms with E-state index in [1.807, 2.05) is 0 Å². The molecule has 0 aliphatic carbocycles. The number of methoxy groups -OCH3 is 1. The molecule has 1 aromatic carbocycles. The quantitative estimate of drug-likeness (QED) is 0.405. The Hall–Kier alpha value is -4.17. The van der Waals surface area contributed by atoms with Crippen molar-refractivity contribution in [2.75, 3.05) is 18.6 Å². The van der Waals surface area contributed by atoms with Crippen LogP contribution < -0.4 is 20.3 Å². The Labute approximate surface area is 201 Å². The number of ether oxygens (including phenoxy) is 2. The van der Waals surface area contributed by atoms with Crippen LogP contribution in [-0.2, 0) is 14.6 Å². The average molecular weight is 495 g/mol. The molecule has 0 spiro atoms. The van der Waals surface area contributed by atoms with E-state index in [2.05, 4.69) is 10.3 Å². The molecule has 1 saturated heterocycles. The van der Waals surface area contributed by atoms with Crippen LogP contribution in [0.1, 0.15) is 17.5 Å². The van der Waals surface area contributed by atoms with E-state index >= 15 is 0 Å². The number of hydrogen-bond acceptors (Lipinski definition) is 8. The SMILES string of the molecule is COc1ccc(Oc2nc3c(C)cccn3c(=O)c2/C=C(\C#N)C(=O)N[C@@H]2CCS(=O)(=O)C2)cc1. The number of amides is 1. The molecule has 35 heavy (non-hydrogen) atoms. The summed E-state index contributed by atoms with van der Waals surface area (Å²) in [5.41, 5.74) is 0.0685. The summed E-state index contributed by atoms with van der Waals surface area (Å²) in [6, 6.07) is 11.3. The lowest BCUT2D eigenvalue weighted by Gasteiger charge is -2.13. The molecule has 1 amide bonds. The van der Waals surface area contributed by atoms with Gasteiger partial charge in [-0.05, 0) is 55.3 Å². The maximum atomic E-state index is 13.4. The Balaban J connectivity index is 1.77. The lowest BCUT2D eigenvalue weighted by molar-refractivity contribution is -0.117. The first-order chi connectivity index (χ1) is 16.7. The highest BCUT2D eigenvalue weighted by atomic mass is 32.2. The first-order valence-corrected chi connectivity index (χ1v) is 12.5. The molecule has 11 heteroatoms. The van der Waals surface area contributed by atoms with Gasteiger partial charge in [-0.15, -0.1) is 0 Å². The Morgan fingerprint density at radius 1 is 1.26 bits per heavy atom. The molecule has 0 radical (unpaired) electrons. The number of carbonyl (C=O) groups is 1. The minimum absolute atomic E-state index is 0.0291. The minimum Gasteiger partial charge on any atom is -0.497 e. The van der Waals surface area contributed by atoms with E-state index in [0.717, 1.165) is 11.6 Å². The molecule has 1 N–H and O–H groups in total. The van der Waals surface area contributed by atoms with Gasteiger partial charge >= 0.3 is 0 Å². The summed E-state index contributed by atoms with van der Waals surface area (Å²) in [7, 11) is -1.69. The number of hydrogen-bond donors (Lipinski definition) is 1. The van der Waals surface area contributed by atoms with Crippen molar-refractivity contribution >= 4 is 27.5 Å². The topological polar surface area (TPSA) is 140 Å². The monoisotopic (exact) mass is 494 g/mol. The number of nitriles is 1. The second kappa shape index (κ2) is 9.60. The number of aromatic nitrogens is 2. The fraction of sp³-hybridized carbons (Fsp3) is 0.250. The zero-order chi connectivity index (χ0) is 25.2. The number of pyridine rings is 1. The Morgan fingerprint density at radius 3 is 2.60 bits per heavy atom. The normalized spacial score (nSPS) is 17.1. The zero-order valence-corrected chi connectivity index (χ0v) is 19.8. The van der Waals surface area contributed by atoms with E-state index in [-0.39, 0.29) is 34.9 Å². The fourth-order valence-corrected chi connectivity index (χ4v) is 5.39. The molecule has 0 bridgehead atoms. The standard InChI is InChI=1S/C24H22N4O6S/c1-15-4-3-10-28-21(15)27-23(34-19-7-5-18(33-2)6-8-19)20(24(28)30)12-16(13-25)22(29)26-17-9-11-35(31,32)14-17/h3-8,10,12,17H,9,11,14H2,1-2H3,(H,26,29)/b16-12+/t17-/m1/s1. The van der Waals surface area contributed by atoms with E-state index in [0.29, 0.717) is 17.1 Å². The third kappa shape index (κ3) is 5.17. The van der Waals surface area contributed by atoms with Crippen molar-refractivity contribution in [2.24, 2.45) is 0 Å². The lowest BCUT2D eigenvalue weighted by Crippen LogP contribution is -2.36. The van der Waals surface area contributed by atoms with Crippen LogP contribution in [0.2, 0.25) is 0 Å². The highest BCUT2D eigenvalue weighted by Gasteiger charge is 2.30. The number of nitrogens with zero attached hydrogens (tertiary/aromatic N) is 3. The van der Waals surface area contributed by atoms with E-state index in [4.69, 9.17) is 9.47 Å². The summed E-state index contributed by atoms with van der Waals surface area (Å²) in [5.74, 6) is -0.111. The van der Waals surface area contributed by atoms with Crippen molar-refractivity contribution in [1.29, 1.82) is 5.26 Å². The summed E-state index contributed by atoms with van der Waals surface area (Å²) in [6.45, 7) is 1.79. The molecule has 3 aromatic rings. The van der Waals surface area contributed by atoms with Crippen molar-refractivity contribution in [3.63, 3.8) is 0 Å². The van der Waals surface area contributed by atoms with Gasteiger partial charge in [0.15, 0.2) is 9.84 Å². The number of aryl methyl sites for hydroxylation is 1. The number of fused-ring (bicyclic) bond motifs is 1. The van der Waals surface area contributed by atoms with Crippen molar-refractivity contribution in [1.82, 2.24) is 14.7 Å². The largest absolute Gasteiger partial charge is 0.497 e. The van der Waals surface area contributed by atoms with Crippen molar-refractivity contribution in [2.45, 2.75) is 19.4 Å². The third-order valence-electron chi connectivity index (χ3n) is 5.54. The molecule has 3 heterocycles. The van der Waals surface area contributed by atoms with Gasteiger partial charge < -0.3 is 14.8 Å². The molecule has 180 valence electrons. The molecule has 1 fully saturated rings. The van der Waals surface area contributed by atoms with Crippen LogP contribution in [0.4, 0.5) is 0 Å². The van der Waals surface area contributed by atoms with Gasteiger partial charge in [0, 0.05) is 12.2 Å². The van der Waals surface area contributed by atoms with Gasteiger partial charge in [0.05, 0.1) is 18.6 Å². The highest BCUT2D eigenvalue weighted by molar-refractivity contribution is 7.91. The highest BCUT2D eigenvalue weighted by Crippen LogP contribution is 2.26. The second-order valence-electron chi connectivity index (χ2n) is 8.04. The van der Waals surface area contributed by atoms with Gasteiger partial charge in [0.1, 0.15) is 34.4 Å². The van der Waals surface area contributed by atoms with Gasteiger partial charge in [0.25, 0.3) is 11.5 Å². The van der Waals surface area contributed by atoms with Gasteiger partial charge in [-0.25, -0.2) is 8.42 Å². The molecule has 0 saturated carbocycles. The van der Waals surface area contributed by atoms with Gasteiger partial charge in [-0.3, -0.25) is 14.0 Å². The minimum atomic E-state index is -3.22. The van der Waals surface area contributed by atoms with Crippen LogP contribution in [0.3, 0.4) is 0 Å². The zero-order valence-electron chi connectivity index (χ0n) is 19.0. The van der Waals surface area contributed by atoms with Crippen molar-refractivity contribution in [3.05, 3.63) is 69.6 Å². The maximum absolute atomic E-state index is 13.4. The van der Waals surface area contributed by atoms with Crippen molar-refractivity contribution in [3.8, 4) is 23.4 Å². The van der Waals surface area contributed by atoms with E-state index in [1.165, 1.54) is 17.7 Å². The first kappa shape index (κ1) is 24.0. The van der Waals surface area contributed by atoms with Crippen LogP contribution >= 0.6 is 0 Å². The van der Waals surface area contributed by atoms with E-state index in [1.54, 1.807) is 49.4 Å². The van der Waals surface area contributed by atoms with Crippen LogP contribution in [0, 0.1) is 18.3 Å². The molecule has 4 rings (SSSR count). The molecule has 1 aliphatic rings. The number of benzene rings is 1. The van der Waals surface area contributed by atoms with E-state index < -0.39 is 27.3 Å². The van der Waals surface area contributed by atoms with Gasteiger partial charge in [-0.2, -0.15) is 10.2 Å². The molecular formula is C24H22N4O6S. The molecule has 10 nitrogen and oxygen atoms in total. The van der Waals surface area contributed by atoms with Crippen molar-refractivity contribution < 1.29 is 22.7 Å². The molecule has 0 unspecified atom stereocenters. The predicted octanol–water partition coefficient (Wildman–Crippen LogP) is 2.01. The summed E-state index contributed by atoms with van der Waals surface area (Å²) in [5, 5.41) is 12.2. The number of carbonyl (C=O) groups excluding carboxylic acids is 1. The Bertz CT molecular complexity index is 1540. The van der Waals surface area contributed by atoms with Gasteiger partial charge in [0.2, 0.25) is 5.88 Å². The van der Waals surface area contributed by atoms with Crippen LogP contribution in [0.15, 0.2) is 53.0 Å². The molecule has 2 aromatic heterocycles. The third-order valence-corrected chi connectivity index (χ3v) is 7.31. The second-order valence-corrected chi connectivity index (χ2v) is 10.3. The Kier molecular flexibility index (Phi) is 6.57. The summed E-state index contributed by atoms with van der Waals surface area (Å²) in [6.07, 6.45) is 2.90. The summed E-state index contributed by atoms with van der Waals surface area (Å²) in [4.78, 5) is 30.6. The number of rotatable bonds is 6. The average Bonchev–Trinajstić information content (AvgIpc) is 3.18. The maximum Gasteiger partial charge on any atom is 0.269 e. The van der Waals surface area contributed by atoms with Crippen LogP contribution in [-0.4, -0.2) is 48.4 Å². The molecular weight excluding hydrogens is 472 g/mol. The smallest absolute Gasteiger partial charge is 0.269 e. The first-order valence-electron chi connectivity index (χ1n) is 10.7. The number of nitrogens with one attached hydrogen (secondary N) is 1. The van der Waals surface area contributed by atoms with E-state index in [9.17, 15) is 23.3 Å². The molecule has 1 aliphatic heterocycles. The van der Waals surface area contributed by atoms with Gasteiger partial charge in [-0.1, -0.05) is 6.07 Å². The predicted molar refractivity (Wildman–Crippen MR) is 128 cm³/mol. The molecule has 1 atom stereocenters. The van der Waals surface area contributed by atoms with Crippen LogP contribution in [0.5, 0.6) is 17.4 Å². The van der Waals surface area contributed by atoms with Crippen LogP contribution in [0.25, 0.3) is 11.7 Å². The fourth-order valence-electron chi connectivity index (χ4n) is 3.71. The summed E-state index contributed by atoms with van der Waals surface area (Å²) >= 11 is 0. The Morgan fingerprint density at radius 2 is 1.97 bits per heavy atom. The number of sulfone groups is 1.